The Hall–Kier alpha value is -2.85. The molecule has 2 heterocycles. The molecule has 2 fully saturated rings. The molecular formula is C37H52ClNO17P4. The van der Waals surface area contributed by atoms with Gasteiger partial charge in [-0.05, 0) is 84.3 Å². The lowest BCUT2D eigenvalue weighted by Gasteiger charge is -2.41. The molecule has 18 nitrogen and oxygen atoms in total. The van der Waals surface area contributed by atoms with Crippen LogP contribution in [-0.2, 0) is 52.2 Å². The highest BCUT2D eigenvalue weighted by Crippen LogP contribution is 2.79. The van der Waals surface area contributed by atoms with Crippen LogP contribution in [0.15, 0.2) is 97.8 Å². The van der Waals surface area contributed by atoms with Gasteiger partial charge < -0.3 is 48.5 Å². The summed E-state index contributed by atoms with van der Waals surface area (Å²) < 4.78 is 93.4. The Labute approximate surface area is 354 Å². The van der Waals surface area contributed by atoms with Crippen LogP contribution in [0, 0.1) is 0 Å². The highest BCUT2D eigenvalue weighted by molar-refractivity contribution is 7.73. The predicted molar refractivity (Wildman–Crippen MR) is 223 cm³/mol. The molecule has 5 rings (SSSR count). The first-order chi connectivity index (χ1) is 27.4. The van der Waals surface area contributed by atoms with Gasteiger partial charge in [-0.15, -0.1) is 0 Å². The van der Waals surface area contributed by atoms with E-state index in [0.717, 1.165) is 0 Å². The molecule has 4 atom stereocenters. The summed E-state index contributed by atoms with van der Waals surface area (Å²) in [5, 5.41) is 6.46. The SMILES string of the molecule is C.C=C(OCC)Oc1ccccc1C1OP(=O)(O)C(Cc2ccc(Cl)cc2)P(=O)(O)O1.C=C(Oc1ccccc1C1OP(=O)(O)C(O)(CCN(C)C)P(=O)(O)O1)OC(C)C. The molecule has 23 heteroatoms. The molecule has 0 aromatic heterocycles. The largest absolute Gasteiger partial charge is 0.466 e. The lowest BCUT2D eigenvalue weighted by Crippen LogP contribution is -2.38. The van der Waals surface area contributed by atoms with Crippen LogP contribution in [0.3, 0.4) is 0 Å². The van der Waals surface area contributed by atoms with Crippen molar-refractivity contribution in [1.29, 1.82) is 0 Å². The van der Waals surface area contributed by atoms with Gasteiger partial charge in [0.1, 0.15) is 11.5 Å². The molecule has 0 aliphatic carbocycles. The lowest BCUT2D eigenvalue weighted by molar-refractivity contribution is -0.0615. The molecule has 0 amide bonds. The Balaban J connectivity index is 0.000000315. The van der Waals surface area contributed by atoms with E-state index in [-0.39, 0.29) is 61.0 Å². The number of halogens is 1. The normalized spacial score (nSPS) is 30.0. The van der Waals surface area contributed by atoms with E-state index in [1.165, 1.54) is 24.3 Å². The molecule has 2 saturated heterocycles. The lowest BCUT2D eigenvalue weighted by atomic mass is 10.2. The highest BCUT2D eigenvalue weighted by Gasteiger charge is 2.67. The Morgan fingerprint density at radius 2 is 1.23 bits per heavy atom. The maximum Gasteiger partial charge on any atom is 0.374 e. The van der Waals surface area contributed by atoms with Crippen molar-refractivity contribution in [2.75, 3.05) is 27.2 Å². The summed E-state index contributed by atoms with van der Waals surface area (Å²) in [5.74, 6) is 0.171. The fourth-order valence-electron chi connectivity index (χ4n) is 5.43. The minimum absolute atomic E-state index is 0. The Kier molecular flexibility index (Phi) is 18.0. The third kappa shape index (κ3) is 12.9. The molecule has 3 aromatic carbocycles. The highest BCUT2D eigenvalue weighted by atomic mass is 35.5. The second-order valence-electron chi connectivity index (χ2n) is 13.5. The summed E-state index contributed by atoms with van der Waals surface area (Å²) in [4.78, 5) is 43.2. The number of hydrogen-bond acceptors (Lipinski definition) is 14. The second kappa shape index (κ2) is 21.0. The van der Waals surface area contributed by atoms with Crippen molar-refractivity contribution in [3.63, 3.8) is 0 Å². The van der Waals surface area contributed by atoms with Crippen LogP contribution in [0.1, 0.15) is 63.9 Å². The van der Waals surface area contributed by atoms with Gasteiger partial charge in [0.2, 0.25) is 12.6 Å². The number of para-hydroxylation sites is 2. The Morgan fingerprint density at radius 1 is 0.783 bits per heavy atom. The predicted octanol–water partition coefficient (Wildman–Crippen LogP) is 8.82. The average molecular weight is 942 g/mol. The minimum Gasteiger partial charge on any atom is -0.466 e. The van der Waals surface area contributed by atoms with Gasteiger partial charge in [-0.1, -0.05) is 67.6 Å². The van der Waals surface area contributed by atoms with E-state index in [4.69, 9.17) is 48.6 Å². The monoisotopic (exact) mass is 941 g/mol. The first-order valence-electron chi connectivity index (χ1n) is 17.8. The van der Waals surface area contributed by atoms with Gasteiger partial charge >= 0.3 is 30.4 Å². The Morgan fingerprint density at radius 3 is 1.68 bits per heavy atom. The number of nitrogens with zero attached hydrogens (tertiary/aromatic N) is 1. The topological polar surface area (TPSA) is 247 Å². The van der Waals surface area contributed by atoms with Crippen LogP contribution < -0.4 is 9.47 Å². The number of benzene rings is 3. The van der Waals surface area contributed by atoms with Gasteiger partial charge in [0.05, 0.1) is 23.8 Å². The summed E-state index contributed by atoms with van der Waals surface area (Å²) >= 11 is 5.84. The van der Waals surface area contributed by atoms with Crippen LogP contribution in [0.2, 0.25) is 5.02 Å². The molecule has 2 aliphatic heterocycles. The van der Waals surface area contributed by atoms with Gasteiger partial charge in [0.25, 0.3) is 17.0 Å². The molecule has 3 aromatic rings. The summed E-state index contributed by atoms with van der Waals surface area (Å²) in [5.41, 5.74) is 0.737. The van der Waals surface area contributed by atoms with E-state index in [1.54, 1.807) is 88.3 Å². The van der Waals surface area contributed by atoms with Gasteiger partial charge in [-0.3, -0.25) is 36.4 Å². The molecular weight excluding hydrogens is 890 g/mol. The van der Waals surface area contributed by atoms with Gasteiger partial charge in [-0.2, -0.15) is 0 Å². The van der Waals surface area contributed by atoms with Crippen LogP contribution in [0.25, 0.3) is 0 Å². The van der Waals surface area contributed by atoms with E-state index in [1.807, 2.05) is 0 Å². The summed E-state index contributed by atoms with van der Waals surface area (Å²) in [6.45, 7) is 12.9. The smallest absolute Gasteiger partial charge is 0.374 e. The molecule has 334 valence electrons. The minimum atomic E-state index is -5.00. The van der Waals surface area contributed by atoms with Crippen molar-refractivity contribution < 1.29 is 80.0 Å². The zero-order chi connectivity index (χ0) is 44.0. The van der Waals surface area contributed by atoms with Gasteiger partial charge in [0, 0.05) is 18.0 Å². The molecule has 0 radical (unpaired) electrons. The number of hydrogen-bond donors (Lipinski definition) is 5. The van der Waals surface area contributed by atoms with Crippen molar-refractivity contribution in [1.82, 2.24) is 4.90 Å². The third-order valence-corrected chi connectivity index (χ3v) is 17.9. The van der Waals surface area contributed by atoms with Crippen molar-refractivity contribution >= 4 is 42.0 Å². The van der Waals surface area contributed by atoms with Crippen LogP contribution in [0.4, 0.5) is 0 Å². The third-order valence-electron chi connectivity index (χ3n) is 8.32. The Bertz CT molecular complexity index is 2100. The standard InChI is InChI=1S/C19H21ClO8P2.C17H27NO9P2.CH4/c1-3-25-13(2)26-17-7-5-4-6-16(17)19-27-29(21,22)18(30(23,24)28-19)12-14-8-10-15(20)11-9-14;1-12(2)24-13(3)25-15-9-7-6-8-14(15)16-26-28(20,21)17(19,10-11-18(4)5)29(22,23)27-16;/h4-11,18-19H,2-3,12H2,1H3,(H,21,22)(H,23,24);6-9,12,16,19H,3,10-11H2,1-2,4-5H3,(H,20,21)(H,22,23);1H4. The summed E-state index contributed by atoms with van der Waals surface area (Å²) in [6.07, 6.45) is -4.25. The van der Waals surface area contributed by atoms with Crippen molar-refractivity contribution in [3.8, 4) is 11.5 Å². The van der Waals surface area contributed by atoms with Crippen LogP contribution in [-0.4, -0.2) is 73.4 Å². The summed E-state index contributed by atoms with van der Waals surface area (Å²) in [6, 6.07) is 18.7. The van der Waals surface area contributed by atoms with E-state index >= 15 is 0 Å². The number of aliphatic hydroxyl groups is 1. The quantitative estimate of drug-likeness (QED) is 0.0705. The van der Waals surface area contributed by atoms with Crippen molar-refractivity contribution in [3.05, 3.63) is 120 Å². The van der Waals surface area contributed by atoms with Gasteiger partial charge in [-0.25, -0.2) is 0 Å². The van der Waals surface area contributed by atoms with E-state index in [0.29, 0.717) is 17.2 Å². The number of ether oxygens (including phenoxy) is 4. The maximum absolute atomic E-state index is 12.9. The van der Waals surface area contributed by atoms with E-state index in [2.05, 4.69) is 13.2 Å². The summed E-state index contributed by atoms with van der Waals surface area (Å²) in [7, 11) is -15.9. The fraction of sp³-hybridized carbons (Fsp3) is 0.405. The second-order valence-corrected chi connectivity index (χ2v) is 22.6. The molecule has 0 bridgehead atoms. The average Bonchev–Trinajstić information content (AvgIpc) is 3.12. The molecule has 5 N–H and O–H groups in total. The zero-order valence-electron chi connectivity index (χ0n) is 32.7. The molecule has 4 unspecified atom stereocenters. The fourth-order valence-corrected chi connectivity index (χ4v) is 13.0. The molecule has 2 aliphatic rings. The first kappa shape index (κ1) is 51.5. The maximum atomic E-state index is 12.9. The van der Waals surface area contributed by atoms with Crippen molar-refractivity contribution in [2.45, 2.75) is 70.2 Å². The van der Waals surface area contributed by atoms with Crippen LogP contribution in [0.5, 0.6) is 11.5 Å². The van der Waals surface area contributed by atoms with E-state index < -0.39 is 59.9 Å². The van der Waals surface area contributed by atoms with Gasteiger partial charge in [0.15, 0.2) is 5.40 Å². The first-order valence-corrected chi connectivity index (χ1v) is 24.6. The van der Waals surface area contributed by atoms with Crippen molar-refractivity contribution in [2.24, 2.45) is 0 Å². The number of rotatable bonds is 15. The zero-order valence-corrected chi connectivity index (χ0v) is 37.1. The molecule has 0 saturated carbocycles. The molecule has 0 spiro atoms. The van der Waals surface area contributed by atoms with Crippen LogP contribution >= 0.6 is 42.0 Å². The molecule has 60 heavy (non-hydrogen) atoms. The van der Waals surface area contributed by atoms with E-state index in [9.17, 15) is 42.9 Å².